The number of hydrogen-bond acceptors (Lipinski definition) is 4. The maximum atomic E-state index is 13.4. The number of hydrogen-bond donors (Lipinski definition) is 2. The molecule has 2 N–H and O–H groups in total. The number of fused-ring (bicyclic) bond motifs is 1. The molecule has 0 fully saturated rings. The molecule has 1 aliphatic rings. The van der Waals surface area contributed by atoms with Gasteiger partial charge >= 0.3 is 6.03 Å². The van der Waals surface area contributed by atoms with Crippen molar-refractivity contribution in [3.8, 4) is 0 Å². The molecule has 0 saturated carbocycles. The smallest absolute Gasteiger partial charge is 0.319 e. The Morgan fingerprint density at radius 1 is 1.52 bits per heavy atom. The number of carbonyl (C=O) groups is 1. The molecule has 2 aromatic heterocycles. The molecule has 0 spiro atoms. The van der Waals surface area contributed by atoms with Crippen molar-refractivity contribution in [2.24, 2.45) is 0 Å². The first kappa shape index (κ1) is 13.5. The van der Waals surface area contributed by atoms with Gasteiger partial charge in [-0.1, -0.05) is 0 Å². The maximum Gasteiger partial charge on any atom is 0.319 e. The second-order valence-corrected chi connectivity index (χ2v) is 4.89. The topological polar surface area (TPSA) is 84.7 Å². The van der Waals surface area contributed by atoms with Crippen molar-refractivity contribution in [3.05, 3.63) is 35.9 Å². The van der Waals surface area contributed by atoms with Gasteiger partial charge in [-0.25, -0.2) is 18.9 Å². The monoisotopic (exact) mass is 290 g/mol. The number of nitrogens with zero attached hydrogens (tertiary/aromatic N) is 4. The molecule has 2 amide bonds. The molecule has 3 heterocycles. The van der Waals surface area contributed by atoms with Crippen LogP contribution in [0.1, 0.15) is 30.5 Å². The fourth-order valence-electron chi connectivity index (χ4n) is 2.40. The molecule has 0 radical (unpaired) electrons. The maximum absolute atomic E-state index is 13.4. The molecule has 21 heavy (non-hydrogen) atoms. The average Bonchev–Trinajstić information content (AvgIpc) is 2.83. The number of aromatic nitrogens is 4. The van der Waals surface area contributed by atoms with E-state index in [0.717, 1.165) is 31.4 Å². The van der Waals surface area contributed by atoms with Crippen LogP contribution in [0.3, 0.4) is 0 Å². The minimum atomic E-state index is -0.574. The summed E-state index contributed by atoms with van der Waals surface area (Å²) in [6.45, 7) is 2.61. The van der Waals surface area contributed by atoms with E-state index in [1.165, 1.54) is 12.3 Å². The third-order valence-electron chi connectivity index (χ3n) is 3.31. The van der Waals surface area contributed by atoms with Gasteiger partial charge in [0.15, 0.2) is 5.82 Å². The Labute approximate surface area is 120 Å². The number of urea groups is 1. The highest BCUT2D eigenvalue weighted by Gasteiger charge is 2.25. The highest BCUT2D eigenvalue weighted by atomic mass is 19.1. The number of rotatable bonds is 2. The summed E-state index contributed by atoms with van der Waals surface area (Å²) in [6, 6.07) is 0.714. The Hall–Kier alpha value is -2.51. The number of aryl methyl sites for hydroxylation is 2. The fraction of sp³-hybridized carbons (Fsp3) is 0.385. The van der Waals surface area contributed by atoms with E-state index in [0.29, 0.717) is 5.82 Å². The van der Waals surface area contributed by atoms with E-state index in [2.05, 4.69) is 25.7 Å². The first-order valence-electron chi connectivity index (χ1n) is 6.72. The number of halogens is 1. The van der Waals surface area contributed by atoms with Crippen LogP contribution >= 0.6 is 0 Å². The van der Waals surface area contributed by atoms with Gasteiger partial charge in [0.05, 0.1) is 17.9 Å². The molecule has 1 atom stereocenters. The van der Waals surface area contributed by atoms with Crippen LogP contribution in [0, 0.1) is 12.7 Å². The van der Waals surface area contributed by atoms with E-state index in [9.17, 15) is 9.18 Å². The van der Waals surface area contributed by atoms with Gasteiger partial charge in [0.25, 0.3) is 0 Å². The molecule has 0 saturated heterocycles. The van der Waals surface area contributed by atoms with Gasteiger partial charge in [0.2, 0.25) is 0 Å². The molecule has 2 aromatic rings. The second kappa shape index (κ2) is 5.47. The quantitative estimate of drug-likeness (QED) is 0.883. The average molecular weight is 290 g/mol. The summed E-state index contributed by atoms with van der Waals surface area (Å²) >= 11 is 0. The van der Waals surface area contributed by atoms with Crippen LogP contribution in [0.2, 0.25) is 0 Å². The fourth-order valence-corrected chi connectivity index (χ4v) is 2.40. The lowest BCUT2D eigenvalue weighted by molar-refractivity contribution is 0.244. The molecular formula is C13H15FN6O. The normalized spacial score (nSPS) is 17.1. The van der Waals surface area contributed by atoms with Crippen molar-refractivity contribution in [2.75, 3.05) is 5.32 Å². The van der Waals surface area contributed by atoms with Gasteiger partial charge < -0.3 is 10.6 Å². The molecule has 3 rings (SSSR count). The van der Waals surface area contributed by atoms with Crippen molar-refractivity contribution in [3.63, 3.8) is 0 Å². The van der Waals surface area contributed by atoms with Crippen LogP contribution in [-0.4, -0.2) is 25.8 Å². The Balaban J connectivity index is 1.70. The molecule has 0 aromatic carbocycles. The molecule has 0 bridgehead atoms. The summed E-state index contributed by atoms with van der Waals surface area (Å²) in [4.78, 5) is 20.0. The van der Waals surface area contributed by atoms with E-state index >= 15 is 0 Å². The van der Waals surface area contributed by atoms with E-state index < -0.39 is 11.8 Å². The Kier molecular flexibility index (Phi) is 3.51. The van der Waals surface area contributed by atoms with Crippen molar-refractivity contribution in [1.82, 2.24) is 25.1 Å². The van der Waals surface area contributed by atoms with Crippen LogP contribution in [0.4, 0.5) is 14.9 Å². The molecule has 110 valence electrons. The van der Waals surface area contributed by atoms with Gasteiger partial charge in [-0.2, -0.15) is 5.10 Å². The number of anilines is 1. The first-order chi connectivity index (χ1) is 10.1. The largest absolute Gasteiger partial charge is 0.328 e. The predicted molar refractivity (Wildman–Crippen MR) is 73.1 cm³/mol. The van der Waals surface area contributed by atoms with Crippen molar-refractivity contribution >= 4 is 11.7 Å². The third kappa shape index (κ3) is 2.83. The van der Waals surface area contributed by atoms with Gasteiger partial charge in [-0.15, -0.1) is 0 Å². The predicted octanol–water partition coefficient (Wildman–Crippen LogP) is 1.78. The second-order valence-electron chi connectivity index (χ2n) is 4.89. The zero-order valence-corrected chi connectivity index (χ0v) is 11.5. The number of pyridine rings is 1. The lowest BCUT2D eigenvalue weighted by atomic mass is 10.1. The summed E-state index contributed by atoms with van der Waals surface area (Å²) in [5.41, 5.74) is 0.0935. The summed E-state index contributed by atoms with van der Waals surface area (Å²) in [5, 5.41) is 9.55. The zero-order valence-electron chi connectivity index (χ0n) is 11.5. The van der Waals surface area contributed by atoms with Gasteiger partial charge in [-0.05, 0) is 25.8 Å². The Morgan fingerprint density at radius 3 is 3.19 bits per heavy atom. The minimum Gasteiger partial charge on any atom is -0.328 e. The zero-order chi connectivity index (χ0) is 14.8. The Morgan fingerprint density at radius 2 is 2.38 bits per heavy atom. The van der Waals surface area contributed by atoms with Crippen LogP contribution in [0.15, 0.2) is 18.5 Å². The molecule has 8 heteroatoms. The van der Waals surface area contributed by atoms with Gasteiger partial charge in [-0.3, -0.25) is 4.98 Å². The van der Waals surface area contributed by atoms with E-state index in [-0.39, 0.29) is 11.7 Å². The van der Waals surface area contributed by atoms with E-state index in [1.54, 1.807) is 4.68 Å². The molecule has 7 nitrogen and oxygen atoms in total. The number of carbonyl (C=O) groups excluding carboxylic acids is 1. The Bertz CT molecular complexity index is 670. The van der Waals surface area contributed by atoms with Crippen LogP contribution in [-0.2, 0) is 6.54 Å². The summed E-state index contributed by atoms with van der Waals surface area (Å²) < 4.78 is 15.2. The molecular weight excluding hydrogens is 275 g/mol. The van der Waals surface area contributed by atoms with Crippen LogP contribution < -0.4 is 10.6 Å². The highest BCUT2D eigenvalue weighted by Crippen LogP contribution is 2.23. The molecule has 1 aliphatic heterocycles. The van der Waals surface area contributed by atoms with Crippen molar-refractivity contribution in [1.29, 1.82) is 0 Å². The van der Waals surface area contributed by atoms with Crippen LogP contribution in [0.5, 0.6) is 0 Å². The van der Waals surface area contributed by atoms with E-state index in [1.807, 2.05) is 6.92 Å². The summed E-state index contributed by atoms with van der Waals surface area (Å²) in [5.74, 6) is 0.846. The summed E-state index contributed by atoms with van der Waals surface area (Å²) in [6.07, 6.45) is 4.16. The molecule has 0 aliphatic carbocycles. The van der Waals surface area contributed by atoms with Crippen molar-refractivity contribution in [2.45, 2.75) is 32.4 Å². The highest BCUT2D eigenvalue weighted by molar-refractivity contribution is 5.89. The lowest BCUT2D eigenvalue weighted by Crippen LogP contribution is -2.36. The first-order valence-corrected chi connectivity index (χ1v) is 6.72. The van der Waals surface area contributed by atoms with Crippen LogP contribution in [0.25, 0.3) is 0 Å². The lowest BCUT2D eigenvalue weighted by Gasteiger charge is -2.23. The number of nitrogens with one attached hydrogen (secondary N) is 2. The SMILES string of the molecule is Cc1nc2n(n1)CCC[C@@H]2NC(=O)Nc1ccncc1F. The van der Waals surface area contributed by atoms with Gasteiger partial charge in [0.1, 0.15) is 11.6 Å². The number of amides is 2. The van der Waals surface area contributed by atoms with Gasteiger partial charge in [0, 0.05) is 12.7 Å². The third-order valence-corrected chi connectivity index (χ3v) is 3.31. The molecule has 0 unspecified atom stereocenters. The van der Waals surface area contributed by atoms with E-state index in [4.69, 9.17) is 0 Å². The summed E-state index contributed by atoms with van der Waals surface area (Å²) in [7, 11) is 0. The van der Waals surface area contributed by atoms with Crippen molar-refractivity contribution < 1.29 is 9.18 Å². The minimum absolute atomic E-state index is 0.0935. The standard InChI is InChI=1S/C13H15FN6O/c1-8-16-12-11(3-2-6-20(12)19-8)18-13(21)17-10-4-5-15-7-9(10)14/h4-5,7,11H,2-3,6H2,1H3,(H2,15,17,18,21)/t11-/m0/s1.